The highest BCUT2D eigenvalue weighted by Gasteiger charge is 2.23. The Labute approximate surface area is 373 Å². The number of nitrogens with zero attached hydrogens (tertiary/aromatic N) is 3. The standard InChI is InChI=1S/C60H41N3O2/c1-60(2,3)40-34-49-57-50(35-40)59(65)48-33-39(37-22-28-42(29-23-37)62-53-18-10-6-14-45(53)46-15-7-11-19-54(46)62)25-31-56(48)63(57)55-30-24-38(32-47(55)58(49)64)36-20-26-41(27-21-36)61-51-16-8-4-12-43(51)44-13-5-9-17-52(44)61/h4-35H,1-3H3. The third kappa shape index (κ3) is 5.45. The molecule has 0 radical (unpaired) electrons. The summed E-state index contributed by atoms with van der Waals surface area (Å²) in [6, 6.07) is 67.7. The van der Waals surface area contributed by atoms with Gasteiger partial charge >= 0.3 is 0 Å². The molecule has 0 aliphatic heterocycles. The van der Waals surface area contributed by atoms with Crippen molar-refractivity contribution in [2.24, 2.45) is 0 Å². The fourth-order valence-electron chi connectivity index (χ4n) is 10.5. The maximum Gasteiger partial charge on any atom is 0.197 e. The van der Waals surface area contributed by atoms with Gasteiger partial charge in [0.05, 0.1) is 38.6 Å². The molecule has 0 aliphatic rings. The predicted molar refractivity (Wildman–Crippen MR) is 272 cm³/mol. The van der Waals surface area contributed by atoms with Crippen LogP contribution in [0, 0.1) is 0 Å². The van der Waals surface area contributed by atoms with E-state index in [2.05, 4.69) is 204 Å². The average Bonchev–Trinajstić information content (AvgIpc) is 3.86. The van der Waals surface area contributed by atoms with Crippen molar-refractivity contribution in [3.63, 3.8) is 0 Å². The van der Waals surface area contributed by atoms with Gasteiger partial charge in [0.1, 0.15) is 0 Å². The molecule has 13 aromatic rings. The molecule has 308 valence electrons. The molecule has 0 fully saturated rings. The van der Waals surface area contributed by atoms with Crippen LogP contribution in [0.5, 0.6) is 0 Å². The Hall–Kier alpha value is -8.28. The average molecular weight is 836 g/mol. The summed E-state index contributed by atoms with van der Waals surface area (Å²) in [6.07, 6.45) is 0. The molecular weight excluding hydrogens is 795 g/mol. The maximum absolute atomic E-state index is 14.8. The molecule has 4 heterocycles. The Kier molecular flexibility index (Phi) is 7.81. The highest BCUT2D eigenvalue weighted by Crippen LogP contribution is 2.37. The molecule has 5 heteroatoms. The fourth-order valence-corrected chi connectivity index (χ4v) is 10.5. The lowest BCUT2D eigenvalue weighted by Gasteiger charge is -2.22. The van der Waals surface area contributed by atoms with E-state index >= 15 is 0 Å². The van der Waals surface area contributed by atoms with Crippen molar-refractivity contribution in [2.75, 3.05) is 0 Å². The third-order valence-electron chi connectivity index (χ3n) is 13.7. The lowest BCUT2D eigenvalue weighted by molar-refractivity contribution is 0.591. The lowest BCUT2D eigenvalue weighted by atomic mass is 9.85. The monoisotopic (exact) mass is 835 g/mol. The lowest BCUT2D eigenvalue weighted by Crippen LogP contribution is -2.18. The molecule has 0 atom stereocenters. The summed E-state index contributed by atoms with van der Waals surface area (Å²) in [5, 5.41) is 7.24. The number of hydrogen-bond acceptors (Lipinski definition) is 2. The molecule has 0 aliphatic carbocycles. The number of pyridine rings is 2. The molecule has 0 saturated heterocycles. The summed E-state index contributed by atoms with van der Waals surface area (Å²) < 4.78 is 6.78. The van der Waals surface area contributed by atoms with Gasteiger partial charge in [-0.1, -0.05) is 130 Å². The second-order valence-corrected chi connectivity index (χ2v) is 18.5. The molecule has 0 unspecified atom stereocenters. The molecule has 0 bridgehead atoms. The second-order valence-electron chi connectivity index (χ2n) is 18.5. The van der Waals surface area contributed by atoms with E-state index in [1.165, 1.54) is 21.5 Å². The van der Waals surface area contributed by atoms with E-state index in [4.69, 9.17) is 0 Å². The van der Waals surface area contributed by atoms with Crippen molar-refractivity contribution in [1.82, 2.24) is 13.5 Å². The van der Waals surface area contributed by atoms with Crippen LogP contribution in [0.25, 0.3) is 115 Å². The second kappa shape index (κ2) is 13.6. The SMILES string of the molecule is CC(C)(C)c1cc2c(=O)c3cc(-c4ccc(-n5c6ccccc6c6ccccc65)cc4)ccc3n3c4ccc(-c5ccc(-n6c7ccccc7c7ccccc76)cc5)cc4c(=O)c(c1)c23. The first kappa shape index (κ1) is 37.3. The van der Waals surface area contributed by atoms with Crippen LogP contribution in [-0.4, -0.2) is 13.5 Å². The summed E-state index contributed by atoms with van der Waals surface area (Å²) in [4.78, 5) is 29.7. The quantitative estimate of drug-likeness (QED) is 0.131. The van der Waals surface area contributed by atoms with Crippen LogP contribution in [0.15, 0.2) is 204 Å². The Bertz CT molecular complexity index is 3870. The van der Waals surface area contributed by atoms with Crippen LogP contribution in [0.4, 0.5) is 0 Å². The van der Waals surface area contributed by atoms with Crippen molar-refractivity contribution >= 4 is 81.7 Å². The summed E-state index contributed by atoms with van der Waals surface area (Å²) in [5.74, 6) is 0. The normalized spacial score (nSPS) is 12.4. The van der Waals surface area contributed by atoms with E-state index in [1.54, 1.807) is 0 Å². The fraction of sp³-hybridized carbons (Fsp3) is 0.0667. The molecule has 0 amide bonds. The molecule has 4 aromatic heterocycles. The molecule has 5 nitrogen and oxygen atoms in total. The first-order valence-electron chi connectivity index (χ1n) is 22.3. The zero-order chi connectivity index (χ0) is 43.7. The van der Waals surface area contributed by atoms with Crippen LogP contribution in [0.2, 0.25) is 0 Å². The zero-order valence-corrected chi connectivity index (χ0v) is 36.1. The van der Waals surface area contributed by atoms with E-state index in [9.17, 15) is 9.59 Å². The number of fused-ring (bicyclic) bond motifs is 10. The van der Waals surface area contributed by atoms with Crippen LogP contribution >= 0.6 is 0 Å². The smallest absolute Gasteiger partial charge is 0.197 e. The van der Waals surface area contributed by atoms with Crippen molar-refractivity contribution in [1.29, 1.82) is 0 Å². The summed E-state index contributed by atoms with van der Waals surface area (Å²) in [7, 11) is 0. The van der Waals surface area contributed by atoms with Gasteiger partial charge in [-0.25, -0.2) is 0 Å². The van der Waals surface area contributed by atoms with Crippen LogP contribution in [-0.2, 0) is 5.41 Å². The minimum Gasteiger partial charge on any atom is -0.309 e. The summed E-state index contributed by atoms with van der Waals surface area (Å²) in [6.45, 7) is 6.39. The van der Waals surface area contributed by atoms with E-state index < -0.39 is 0 Å². The first-order valence-corrected chi connectivity index (χ1v) is 22.3. The molecule has 0 spiro atoms. The topological polar surface area (TPSA) is 48.4 Å². The highest BCUT2D eigenvalue weighted by atomic mass is 16.1. The number of hydrogen-bond donors (Lipinski definition) is 0. The number of para-hydroxylation sites is 4. The van der Waals surface area contributed by atoms with Crippen LogP contribution in [0.3, 0.4) is 0 Å². The minimum atomic E-state index is -0.294. The van der Waals surface area contributed by atoms with Gasteiger partial charge in [0, 0.05) is 54.5 Å². The maximum atomic E-state index is 14.8. The Morgan fingerprint density at radius 1 is 0.323 bits per heavy atom. The van der Waals surface area contributed by atoms with Crippen LogP contribution in [0.1, 0.15) is 26.3 Å². The van der Waals surface area contributed by atoms with Gasteiger partial charge in [-0.3, -0.25) is 9.59 Å². The van der Waals surface area contributed by atoms with Crippen molar-refractivity contribution in [3.8, 4) is 33.6 Å². The van der Waals surface area contributed by atoms with Gasteiger partial charge in [0.25, 0.3) is 0 Å². The number of benzene rings is 9. The predicted octanol–water partition coefficient (Wildman–Crippen LogP) is 14.4. The zero-order valence-electron chi connectivity index (χ0n) is 36.1. The van der Waals surface area contributed by atoms with E-state index in [0.29, 0.717) is 27.1 Å². The van der Waals surface area contributed by atoms with E-state index in [0.717, 1.165) is 72.3 Å². The van der Waals surface area contributed by atoms with Crippen LogP contribution < -0.4 is 10.9 Å². The largest absolute Gasteiger partial charge is 0.309 e. The summed E-state index contributed by atoms with van der Waals surface area (Å²) in [5.41, 5.74) is 13.5. The molecular formula is C60H41N3O2. The Balaban J connectivity index is 0.966. The first-order chi connectivity index (χ1) is 31.7. The minimum absolute atomic E-state index is 0.0708. The van der Waals surface area contributed by atoms with Crippen molar-refractivity contribution in [2.45, 2.75) is 26.2 Å². The van der Waals surface area contributed by atoms with Gasteiger partial charge in [0.15, 0.2) is 10.9 Å². The van der Waals surface area contributed by atoms with Crippen molar-refractivity contribution < 1.29 is 0 Å². The number of aromatic nitrogens is 3. The Morgan fingerprint density at radius 3 is 1.02 bits per heavy atom. The van der Waals surface area contributed by atoms with Gasteiger partial charge in [0.2, 0.25) is 0 Å². The molecule has 9 aromatic carbocycles. The molecule has 65 heavy (non-hydrogen) atoms. The van der Waals surface area contributed by atoms with Gasteiger partial charge in [-0.15, -0.1) is 0 Å². The van der Waals surface area contributed by atoms with Crippen molar-refractivity contribution in [3.05, 3.63) is 220 Å². The van der Waals surface area contributed by atoms with Gasteiger partial charge < -0.3 is 13.5 Å². The third-order valence-corrected chi connectivity index (χ3v) is 13.7. The van der Waals surface area contributed by atoms with E-state index in [-0.39, 0.29) is 16.3 Å². The highest BCUT2D eigenvalue weighted by molar-refractivity contribution is 6.11. The molecule has 13 rings (SSSR count). The Morgan fingerprint density at radius 2 is 0.662 bits per heavy atom. The van der Waals surface area contributed by atoms with Gasteiger partial charge in [-0.2, -0.15) is 0 Å². The molecule has 0 N–H and O–H groups in total. The molecule has 0 saturated carbocycles. The van der Waals surface area contributed by atoms with E-state index in [1.807, 2.05) is 24.3 Å². The summed E-state index contributed by atoms with van der Waals surface area (Å²) >= 11 is 0. The van der Waals surface area contributed by atoms with Gasteiger partial charge in [-0.05, 0) is 118 Å². The number of rotatable bonds is 4.